The van der Waals surface area contributed by atoms with E-state index in [1.54, 1.807) is 0 Å². The number of hydrogen-bond acceptors (Lipinski definition) is 2. The van der Waals surface area contributed by atoms with Gasteiger partial charge in [0.2, 0.25) is 0 Å². The molecule has 0 aromatic heterocycles. The van der Waals surface area contributed by atoms with Crippen LogP contribution in [0.3, 0.4) is 0 Å². The van der Waals surface area contributed by atoms with Crippen molar-refractivity contribution in [2.75, 3.05) is 13.1 Å². The number of urea groups is 1. The quantitative estimate of drug-likeness (QED) is 0.453. The summed E-state index contributed by atoms with van der Waals surface area (Å²) in [6.45, 7) is 1.32. The van der Waals surface area contributed by atoms with Crippen molar-refractivity contribution in [3.8, 4) is 0 Å². The Hall–Kier alpha value is -1.10. The van der Waals surface area contributed by atoms with Crippen LogP contribution in [0.5, 0.6) is 0 Å². The highest BCUT2D eigenvalue weighted by atomic mass is 16.2. The molecule has 0 atom stereocenters. The first-order chi connectivity index (χ1) is 5.73. The average molecular weight is 168 g/mol. The molecule has 0 aliphatic carbocycles. The normalized spacial score (nSPS) is 27.0. The van der Waals surface area contributed by atoms with Crippen molar-refractivity contribution < 1.29 is 9.59 Å². The Kier molecular flexibility index (Phi) is 1.54. The van der Waals surface area contributed by atoms with Crippen LogP contribution < -0.4 is 16.0 Å². The summed E-state index contributed by atoms with van der Waals surface area (Å²) in [5, 5.41) is 9.03. The molecule has 2 aliphatic heterocycles. The summed E-state index contributed by atoms with van der Waals surface area (Å²) in [5.74, 6) is -0.192. The number of carbonyl (C=O) groups is 2. The molecule has 0 unspecified atom stereocenters. The molecule has 5 heteroatoms. The van der Waals surface area contributed by atoms with Crippen molar-refractivity contribution in [3.63, 3.8) is 0 Å². The summed E-state index contributed by atoms with van der Waals surface area (Å²) in [6, 6.07) is -0.373. The molecular weight excluding hydrogens is 158 g/mol. The summed E-state index contributed by atoms with van der Waals surface area (Å²) in [7, 11) is 0. The average Bonchev–Trinajstić information content (AvgIpc) is 2.29. The molecule has 2 rings (SSSR count). The third-order valence-corrected chi connectivity index (χ3v) is 2.41. The van der Waals surface area contributed by atoms with Crippen LogP contribution in [0.1, 0.15) is 12.8 Å². The van der Waals surface area contributed by atoms with Crippen LogP contribution in [-0.2, 0) is 4.79 Å². The monoisotopic (exact) mass is 168 g/mol. The van der Waals surface area contributed by atoms with Gasteiger partial charge >= 0.3 is 6.03 Å². The summed E-state index contributed by atoms with van der Waals surface area (Å²) in [6.07, 6.45) is 1.26. The zero-order chi connectivity index (χ0) is 8.60. The lowest BCUT2D eigenvalue weighted by Crippen LogP contribution is -2.52. The van der Waals surface area contributed by atoms with Crippen molar-refractivity contribution >= 4 is 11.9 Å². The molecule has 2 heterocycles. The first kappa shape index (κ1) is 7.54. The van der Waals surface area contributed by atoms with E-state index < -0.39 is 5.54 Å². The van der Waals surface area contributed by atoms with Crippen LogP contribution in [0.4, 0.5) is 4.79 Å². The van der Waals surface area contributed by atoms with Gasteiger partial charge in [-0.2, -0.15) is 0 Å². The van der Waals surface area contributed by atoms with Crippen molar-refractivity contribution in [1.29, 1.82) is 0 Å². The Morgan fingerprint density at radius 3 is 2.42 bits per heavy atom. The SMILES string of the molecule is O=C1NC(=O)C2(CC[N]CC2)N1. The van der Waals surface area contributed by atoms with Gasteiger partial charge < -0.3 is 5.32 Å². The van der Waals surface area contributed by atoms with Gasteiger partial charge in [-0.25, -0.2) is 10.1 Å². The number of nitrogens with zero attached hydrogens (tertiary/aromatic N) is 1. The van der Waals surface area contributed by atoms with Gasteiger partial charge in [0.05, 0.1) is 0 Å². The topological polar surface area (TPSA) is 72.3 Å². The van der Waals surface area contributed by atoms with Crippen LogP contribution in [0.15, 0.2) is 0 Å². The lowest BCUT2D eigenvalue weighted by Gasteiger charge is -2.29. The van der Waals surface area contributed by atoms with Gasteiger partial charge in [0.15, 0.2) is 0 Å². The number of hydrogen-bond donors (Lipinski definition) is 2. The molecule has 65 valence electrons. The predicted octanol–water partition coefficient (Wildman–Crippen LogP) is -1.04. The van der Waals surface area contributed by atoms with Crippen molar-refractivity contribution in [1.82, 2.24) is 16.0 Å². The van der Waals surface area contributed by atoms with Crippen LogP contribution in [-0.4, -0.2) is 30.6 Å². The molecule has 2 N–H and O–H groups in total. The molecule has 1 spiro atoms. The Labute approximate surface area is 69.9 Å². The second kappa shape index (κ2) is 2.45. The van der Waals surface area contributed by atoms with E-state index in [2.05, 4.69) is 16.0 Å². The number of amides is 3. The van der Waals surface area contributed by atoms with Gasteiger partial charge in [-0.3, -0.25) is 10.1 Å². The summed E-state index contributed by atoms with van der Waals surface area (Å²) in [4.78, 5) is 22.2. The molecule has 2 aliphatic rings. The van der Waals surface area contributed by atoms with Gasteiger partial charge in [-0.15, -0.1) is 0 Å². The highest BCUT2D eigenvalue weighted by Gasteiger charge is 2.46. The minimum Gasteiger partial charge on any atom is -0.323 e. The lowest BCUT2D eigenvalue weighted by atomic mass is 9.89. The largest absolute Gasteiger partial charge is 0.323 e. The third kappa shape index (κ3) is 0.972. The fraction of sp³-hybridized carbons (Fsp3) is 0.714. The number of rotatable bonds is 0. The fourth-order valence-electron chi connectivity index (χ4n) is 1.66. The molecule has 2 fully saturated rings. The summed E-state index contributed by atoms with van der Waals surface area (Å²) < 4.78 is 0. The third-order valence-electron chi connectivity index (χ3n) is 2.41. The van der Waals surface area contributed by atoms with Crippen LogP contribution in [0, 0.1) is 0 Å². The Morgan fingerprint density at radius 1 is 1.25 bits per heavy atom. The molecule has 0 aromatic carbocycles. The molecule has 3 amide bonds. The number of nitrogens with one attached hydrogen (secondary N) is 2. The second-order valence-electron chi connectivity index (χ2n) is 3.16. The second-order valence-corrected chi connectivity index (χ2v) is 3.16. The maximum atomic E-state index is 11.3. The summed E-state index contributed by atoms with van der Waals surface area (Å²) >= 11 is 0. The molecule has 12 heavy (non-hydrogen) atoms. The van der Waals surface area contributed by atoms with E-state index in [-0.39, 0.29) is 11.9 Å². The number of piperidine rings is 1. The van der Waals surface area contributed by atoms with E-state index in [4.69, 9.17) is 0 Å². The van der Waals surface area contributed by atoms with Gasteiger partial charge in [-0.1, -0.05) is 0 Å². The van der Waals surface area contributed by atoms with Gasteiger partial charge in [-0.05, 0) is 12.8 Å². The van der Waals surface area contributed by atoms with E-state index in [1.165, 1.54) is 0 Å². The van der Waals surface area contributed by atoms with Crippen LogP contribution >= 0.6 is 0 Å². The lowest BCUT2D eigenvalue weighted by molar-refractivity contribution is -0.124. The van der Waals surface area contributed by atoms with Gasteiger partial charge in [0.25, 0.3) is 5.91 Å². The zero-order valence-electron chi connectivity index (χ0n) is 6.59. The molecule has 0 bridgehead atoms. The van der Waals surface area contributed by atoms with Crippen LogP contribution in [0.2, 0.25) is 0 Å². The van der Waals surface area contributed by atoms with Crippen molar-refractivity contribution in [2.24, 2.45) is 0 Å². The Balaban J connectivity index is 2.18. The van der Waals surface area contributed by atoms with Gasteiger partial charge in [0, 0.05) is 13.1 Å². The van der Waals surface area contributed by atoms with Crippen molar-refractivity contribution in [3.05, 3.63) is 0 Å². The van der Waals surface area contributed by atoms with Crippen LogP contribution in [0.25, 0.3) is 0 Å². The van der Waals surface area contributed by atoms with E-state index in [9.17, 15) is 9.59 Å². The van der Waals surface area contributed by atoms with E-state index in [0.29, 0.717) is 25.9 Å². The minimum absolute atomic E-state index is 0.192. The molecule has 2 saturated heterocycles. The molecular formula is C7H10N3O2. The first-order valence-electron chi connectivity index (χ1n) is 4.00. The minimum atomic E-state index is -0.640. The predicted molar refractivity (Wildman–Crippen MR) is 40.5 cm³/mol. The van der Waals surface area contributed by atoms with E-state index >= 15 is 0 Å². The van der Waals surface area contributed by atoms with Gasteiger partial charge in [0.1, 0.15) is 5.54 Å². The smallest absolute Gasteiger partial charge is 0.322 e. The van der Waals surface area contributed by atoms with Crippen molar-refractivity contribution in [2.45, 2.75) is 18.4 Å². The highest BCUT2D eigenvalue weighted by molar-refractivity contribution is 6.07. The number of carbonyl (C=O) groups excluding carboxylic acids is 2. The first-order valence-corrected chi connectivity index (χ1v) is 4.00. The maximum Gasteiger partial charge on any atom is 0.322 e. The standard InChI is InChI=1S/C7H10N3O2/c11-5-7(10-6(12)9-5)1-3-8-4-2-7/h1-4H2,(H2,9,10,11,12). The van der Waals surface area contributed by atoms with E-state index in [0.717, 1.165) is 0 Å². The summed E-state index contributed by atoms with van der Waals surface area (Å²) in [5.41, 5.74) is -0.640. The molecule has 0 aromatic rings. The number of imide groups is 1. The Morgan fingerprint density at radius 2 is 1.92 bits per heavy atom. The zero-order valence-corrected chi connectivity index (χ0v) is 6.59. The molecule has 1 radical (unpaired) electrons. The molecule has 5 nitrogen and oxygen atoms in total. The maximum absolute atomic E-state index is 11.3. The van der Waals surface area contributed by atoms with E-state index in [1.807, 2.05) is 0 Å². The Bertz CT molecular complexity index is 233. The molecule has 0 saturated carbocycles. The fourth-order valence-corrected chi connectivity index (χ4v) is 1.66. The highest BCUT2D eigenvalue weighted by Crippen LogP contribution is 2.21.